The molecule has 19 heavy (non-hydrogen) atoms. The molecule has 0 aliphatic heterocycles. The maximum absolute atomic E-state index is 11.7. The highest BCUT2D eigenvalue weighted by Crippen LogP contribution is 2.14. The van der Waals surface area contributed by atoms with Crippen LogP contribution in [0.4, 0.5) is 5.69 Å². The first-order valence-corrected chi connectivity index (χ1v) is 5.97. The highest BCUT2D eigenvalue weighted by atomic mass is 16.5. The van der Waals surface area contributed by atoms with Gasteiger partial charge < -0.3 is 20.2 Å². The zero-order chi connectivity index (χ0) is 13.7. The number of amides is 1. The summed E-state index contributed by atoms with van der Waals surface area (Å²) in [6.07, 6.45) is 1.49. The molecule has 1 aromatic heterocycles. The molecular weight excluding hydrogens is 244 g/mol. The van der Waals surface area contributed by atoms with Crippen LogP contribution < -0.4 is 15.8 Å². The molecule has 0 saturated carbocycles. The van der Waals surface area contributed by atoms with E-state index in [-0.39, 0.29) is 5.91 Å². The van der Waals surface area contributed by atoms with Gasteiger partial charge in [-0.25, -0.2) is 0 Å². The van der Waals surface area contributed by atoms with Gasteiger partial charge in [0.15, 0.2) is 0 Å². The summed E-state index contributed by atoms with van der Waals surface area (Å²) in [6.45, 7) is 2.54. The molecular formula is C14H16N2O3. The Hall–Kier alpha value is -2.43. The van der Waals surface area contributed by atoms with Gasteiger partial charge in [0.1, 0.15) is 18.1 Å². The van der Waals surface area contributed by atoms with Crippen LogP contribution in [0, 0.1) is 6.92 Å². The van der Waals surface area contributed by atoms with E-state index in [4.69, 9.17) is 14.9 Å². The number of nitrogen functional groups attached to an aromatic ring is 1. The van der Waals surface area contributed by atoms with Gasteiger partial charge in [-0.1, -0.05) is 6.07 Å². The topological polar surface area (TPSA) is 77.5 Å². The fourth-order valence-electron chi connectivity index (χ4n) is 1.65. The van der Waals surface area contributed by atoms with Crippen LogP contribution in [-0.2, 0) is 0 Å². The Morgan fingerprint density at radius 3 is 2.95 bits per heavy atom. The summed E-state index contributed by atoms with van der Waals surface area (Å²) < 4.78 is 10.5. The quantitative estimate of drug-likeness (QED) is 0.636. The van der Waals surface area contributed by atoms with Gasteiger partial charge in [-0.2, -0.15) is 0 Å². The summed E-state index contributed by atoms with van der Waals surface area (Å²) in [7, 11) is 0. The van der Waals surface area contributed by atoms with Crippen molar-refractivity contribution in [3.63, 3.8) is 0 Å². The predicted octanol–water partition coefficient (Wildman–Crippen LogP) is 1.98. The van der Waals surface area contributed by atoms with E-state index in [0.29, 0.717) is 35.9 Å². The van der Waals surface area contributed by atoms with Crippen LogP contribution in [0.2, 0.25) is 0 Å². The van der Waals surface area contributed by atoms with Gasteiger partial charge in [-0.05, 0) is 25.1 Å². The predicted molar refractivity (Wildman–Crippen MR) is 72.1 cm³/mol. The van der Waals surface area contributed by atoms with Gasteiger partial charge in [-0.15, -0.1) is 0 Å². The molecule has 0 aliphatic carbocycles. The number of rotatable bonds is 5. The lowest BCUT2D eigenvalue weighted by molar-refractivity contribution is 0.0945. The van der Waals surface area contributed by atoms with Crippen LogP contribution in [0.1, 0.15) is 16.1 Å². The first kappa shape index (κ1) is 13.0. The second kappa shape index (κ2) is 5.95. The number of furan rings is 1. The fraction of sp³-hybridized carbons (Fsp3) is 0.214. The Labute approximate surface area is 111 Å². The second-order valence-corrected chi connectivity index (χ2v) is 4.07. The van der Waals surface area contributed by atoms with Gasteiger partial charge in [-0.3, -0.25) is 4.79 Å². The average Bonchev–Trinajstić information content (AvgIpc) is 2.81. The number of aryl methyl sites for hydroxylation is 1. The maximum atomic E-state index is 11.7. The summed E-state index contributed by atoms with van der Waals surface area (Å²) >= 11 is 0. The molecule has 0 saturated heterocycles. The van der Waals surface area contributed by atoms with Crippen molar-refractivity contribution in [2.75, 3.05) is 18.9 Å². The molecule has 100 valence electrons. The van der Waals surface area contributed by atoms with Crippen LogP contribution in [0.3, 0.4) is 0 Å². The Morgan fingerprint density at radius 2 is 2.26 bits per heavy atom. The number of ether oxygens (including phenoxy) is 1. The number of benzene rings is 1. The minimum atomic E-state index is -0.164. The van der Waals surface area contributed by atoms with Gasteiger partial charge in [0.25, 0.3) is 5.91 Å². The van der Waals surface area contributed by atoms with E-state index in [1.165, 1.54) is 6.26 Å². The number of hydrogen-bond donors (Lipinski definition) is 2. The molecule has 0 bridgehead atoms. The van der Waals surface area contributed by atoms with Crippen LogP contribution >= 0.6 is 0 Å². The molecule has 0 radical (unpaired) electrons. The molecule has 5 heteroatoms. The summed E-state index contributed by atoms with van der Waals surface area (Å²) in [6, 6.07) is 8.80. The second-order valence-electron chi connectivity index (χ2n) is 4.07. The third-order valence-electron chi connectivity index (χ3n) is 2.62. The van der Waals surface area contributed by atoms with Crippen LogP contribution in [-0.4, -0.2) is 19.1 Å². The number of carbonyl (C=O) groups is 1. The van der Waals surface area contributed by atoms with Crippen molar-refractivity contribution in [3.05, 3.63) is 47.9 Å². The third kappa shape index (κ3) is 3.51. The van der Waals surface area contributed by atoms with Gasteiger partial charge in [0.05, 0.1) is 18.4 Å². The highest BCUT2D eigenvalue weighted by molar-refractivity contribution is 5.94. The van der Waals surface area contributed by atoms with E-state index in [0.717, 1.165) is 0 Å². The van der Waals surface area contributed by atoms with E-state index in [2.05, 4.69) is 5.32 Å². The molecule has 1 aromatic carbocycles. The molecule has 2 rings (SSSR count). The van der Waals surface area contributed by atoms with Crippen molar-refractivity contribution in [2.45, 2.75) is 6.92 Å². The Morgan fingerprint density at radius 1 is 1.42 bits per heavy atom. The molecule has 0 spiro atoms. The number of anilines is 1. The first-order valence-electron chi connectivity index (χ1n) is 5.97. The standard InChI is InChI=1S/C14H16N2O3/c1-10-13(5-7-18-10)14(17)16-6-8-19-12-4-2-3-11(15)9-12/h2-5,7,9H,6,8,15H2,1H3,(H,16,17). The van der Waals surface area contributed by atoms with Gasteiger partial charge >= 0.3 is 0 Å². The highest BCUT2D eigenvalue weighted by Gasteiger charge is 2.10. The molecule has 1 amide bonds. The van der Waals surface area contributed by atoms with E-state index >= 15 is 0 Å². The zero-order valence-electron chi connectivity index (χ0n) is 10.7. The van der Waals surface area contributed by atoms with E-state index < -0.39 is 0 Å². The van der Waals surface area contributed by atoms with E-state index in [1.807, 2.05) is 12.1 Å². The van der Waals surface area contributed by atoms with E-state index in [1.54, 1.807) is 25.1 Å². The largest absolute Gasteiger partial charge is 0.492 e. The van der Waals surface area contributed by atoms with Gasteiger partial charge in [0, 0.05) is 11.8 Å². The minimum Gasteiger partial charge on any atom is -0.492 e. The van der Waals surface area contributed by atoms with Crippen molar-refractivity contribution in [2.24, 2.45) is 0 Å². The number of carbonyl (C=O) groups excluding carboxylic acids is 1. The van der Waals surface area contributed by atoms with Crippen molar-refractivity contribution in [1.82, 2.24) is 5.32 Å². The number of nitrogens with two attached hydrogens (primary N) is 1. The van der Waals surface area contributed by atoms with Crippen molar-refractivity contribution < 1.29 is 13.9 Å². The average molecular weight is 260 g/mol. The minimum absolute atomic E-state index is 0.164. The summed E-state index contributed by atoms with van der Waals surface area (Å²) in [5.74, 6) is 1.13. The lowest BCUT2D eigenvalue weighted by atomic mass is 10.2. The Bertz CT molecular complexity index is 563. The molecule has 0 atom stereocenters. The van der Waals surface area contributed by atoms with Crippen LogP contribution in [0.25, 0.3) is 0 Å². The number of hydrogen-bond acceptors (Lipinski definition) is 4. The monoisotopic (exact) mass is 260 g/mol. The molecule has 2 aromatic rings. The SMILES string of the molecule is Cc1occc1C(=O)NCCOc1cccc(N)c1. The fourth-order valence-corrected chi connectivity index (χ4v) is 1.65. The van der Waals surface area contributed by atoms with Crippen LogP contribution in [0.5, 0.6) is 5.75 Å². The van der Waals surface area contributed by atoms with Crippen LogP contribution in [0.15, 0.2) is 41.0 Å². The summed E-state index contributed by atoms with van der Waals surface area (Å²) in [4.78, 5) is 11.7. The third-order valence-corrected chi connectivity index (χ3v) is 2.62. The van der Waals surface area contributed by atoms with Crippen molar-refractivity contribution >= 4 is 11.6 Å². The molecule has 1 heterocycles. The lowest BCUT2D eigenvalue weighted by Gasteiger charge is -2.07. The molecule has 0 fully saturated rings. The van der Waals surface area contributed by atoms with Crippen molar-refractivity contribution in [1.29, 1.82) is 0 Å². The molecule has 0 aliphatic rings. The Kier molecular flexibility index (Phi) is 4.07. The van der Waals surface area contributed by atoms with Crippen molar-refractivity contribution in [3.8, 4) is 5.75 Å². The summed E-state index contributed by atoms with van der Waals surface area (Å²) in [5.41, 5.74) is 6.83. The molecule has 5 nitrogen and oxygen atoms in total. The lowest BCUT2D eigenvalue weighted by Crippen LogP contribution is -2.28. The Balaban J connectivity index is 1.75. The summed E-state index contributed by atoms with van der Waals surface area (Å²) in [5, 5.41) is 2.76. The molecule has 3 N–H and O–H groups in total. The normalized spacial score (nSPS) is 10.2. The van der Waals surface area contributed by atoms with Gasteiger partial charge in [0.2, 0.25) is 0 Å². The zero-order valence-corrected chi connectivity index (χ0v) is 10.7. The van der Waals surface area contributed by atoms with E-state index in [9.17, 15) is 4.79 Å². The first-order chi connectivity index (χ1) is 9.16. The number of nitrogens with one attached hydrogen (secondary N) is 1. The molecule has 0 unspecified atom stereocenters. The maximum Gasteiger partial charge on any atom is 0.254 e. The smallest absolute Gasteiger partial charge is 0.254 e.